The molecule has 1 saturated heterocycles. The normalized spacial score (nSPS) is 18.9. The Morgan fingerprint density at radius 1 is 1.45 bits per heavy atom. The number of likely N-dealkylation sites (tertiary alicyclic amines) is 1. The number of H-pyrrole nitrogens is 1. The summed E-state index contributed by atoms with van der Waals surface area (Å²) in [4.78, 5) is 28.7. The number of hydrogen-bond acceptors (Lipinski definition) is 3. The highest BCUT2D eigenvalue weighted by Gasteiger charge is 2.27. The van der Waals surface area contributed by atoms with E-state index in [-0.39, 0.29) is 17.9 Å². The second-order valence-corrected chi connectivity index (χ2v) is 5.07. The standard InChI is InChI=1S/C14H22N4O2/c15-7-6-13(19)17-10-11-4-1-2-9-18(11)14(20)12-5-3-8-16-12/h3,5,8,11,16H,1-2,4,6-7,9-10,15H2,(H,17,19). The summed E-state index contributed by atoms with van der Waals surface area (Å²) in [6, 6.07) is 3.66. The first-order valence-electron chi connectivity index (χ1n) is 7.13. The number of amides is 2. The molecule has 0 radical (unpaired) electrons. The van der Waals surface area contributed by atoms with Crippen LogP contribution in [0.5, 0.6) is 0 Å². The highest BCUT2D eigenvalue weighted by atomic mass is 16.2. The van der Waals surface area contributed by atoms with E-state index >= 15 is 0 Å². The number of nitrogens with zero attached hydrogens (tertiary/aromatic N) is 1. The molecule has 2 rings (SSSR count). The van der Waals surface area contributed by atoms with E-state index in [4.69, 9.17) is 5.73 Å². The zero-order valence-corrected chi connectivity index (χ0v) is 11.6. The molecular weight excluding hydrogens is 256 g/mol. The molecule has 0 bridgehead atoms. The van der Waals surface area contributed by atoms with Crippen LogP contribution in [0, 0.1) is 0 Å². The monoisotopic (exact) mass is 278 g/mol. The molecular formula is C14H22N4O2. The van der Waals surface area contributed by atoms with E-state index in [1.54, 1.807) is 12.3 Å². The number of aromatic amines is 1. The summed E-state index contributed by atoms with van der Waals surface area (Å²) in [6.07, 6.45) is 5.10. The van der Waals surface area contributed by atoms with Crippen LogP contribution in [0.3, 0.4) is 0 Å². The van der Waals surface area contributed by atoms with Crippen LogP contribution in [0.15, 0.2) is 18.3 Å². The van der Waals surface area contributed by atoms with Crippen molar-refractivity contribution in [2.24, 2.45) is 5.73 Å². The molecule has 0 spiro atoms. The molecule has 6 nitrogen and oxygen atoms in total. The molecule has 0 aliphatic carbocycles. The van der Waals surface area contributed by atoms with Crippen molar-refractivity contribution >= 4 is 11.8 Å². The predicted octanol–water partition coefficient (Wildman–Crippen LogP) is 0.474. The van der Waals surface area contributed by atoms with Crippen LogP contribution in [-0.2, 0) is 4.79 Å². The van der Waals surface area contributed by atoms with Gasteiger partial charge in [-0.1, -0.05) is 0 Å². The van der Waals surface area contributed by atoms with E-state index in [9.17, 15) is 9.59 Å². The summed E-state index contributed by atoms with van der Waals surface area (Å²) < 4.78 is 0. The minimum absolute atomic E-state index is 0.00720. The van der Waals surface area contributed by atoms with Crippen LogP contribution in [0.2, 0.25) is 0 Å². The number of aromatic nitrogens is 1. The molecule has 2 amide bonds. The van der Waals surface area contributed by atoms with Gasteiger partial charge in [0.15, 0.2) is 0 Å². The maximum absolute atomic E-state index is 12.4. The summed E-state index contributed by atoms with van der Waals surface area (Å²) in [5, 5.41) is 2.86. The van der Waals surface area contributed by atoms with Gasteiger partial charge in [0.1, 0.15) is 5.69 Å². The van der Waals surface area contributed by atoms with Gasteiger partial charge in [0.25, 0.3) is 5.91 Å². The number of carbonyl (C=O) groups is 2. The van der Waals surface area contributed by atoms with Crippen LogP contribution >= 0.6 is 0 Å². The van der Waals surface area contributed by atoms with Crippen molar-refractivity contribution in [3.8, 4) is 0 Å². The zero-order chi connectivity index (χ0) is 14.4. The first kappa shape index (κ1) is 14.6. The van der Waals surface area contributed by atoms with Gasteiger partial charge in [0, 0.05) is 38.3 Å². The van der Waals surface area contributed by atoms with Gasteiger partial charge >= 0.3 is 0 Å². The summed E-state index contributed by atoms with van der Waals surface area (Å²) in [6.45, 7) is 1.60. The Kier molecular flexibility index (Phi) is 5.17. The molecule has 20 heavy (non-hydrogen) atoms. The Morgan fingerprint density at radius 3 is 3.00 bits per heavy atom. The lowest BCUT2D eigenvalue weighted by Crippen LogP contribution is -2.49. The third-order valence-electron chi connectivity index (χ3n) is 3.62. The van der Waals surface area contributed by atoms with Crippen LogP contribution in [0.25, 0.3) is 0 Å². The molecule has 0 saturated carbocycles. The minimum atomic E-state index is -0.0506. The molecule has 1 aliphatic rings. The topological polar surface area (TPSA) is 91.2 Å². The lowest BCUT2D eigenvalue weighted by molar-refractivity contribution is -0.121. The summed E-state index contributed by atoms with van der Waals surface area (Å²) >= 11 is 0. The second-order valence-electron chi connectivity index (χ2n) is 5.07. The van der Waals surface area contributed by atoms with Crippen molar-refractivity contribution < 1.29 is 9.59 Å². The molecule has 6 heteroatoms. The lowest BCUT2D eigenvalue weighted by atomic mass is 10.0. The van der Waals surface area contributed by atoms with Gasteiger partial charge in [-0.2, -0.15) is 0 Å². The van der Waals surface area contributed by atoms with E-state index in [0.29, 0.717) is 25.2 Å². The average molecular weight is 278 g/mol. The first-order valence-corrected chi connectivity index (χ1v) is 7.13. The van der Waals surface area contributed by atoms with E-state index in [1.165, 1.54) is 0 Å². The molecule has 110 valence electrons. The van der Waals surface area contributed by atoms with Crippen LogP contribution in [-0.4, -0.2) is 47.4 Å². The Morgan fingerprint density at radius 2 is 2.30 bits per heavy atom. The number of piperidine rings is 1. The van der Waals surface area contributed by atoms with E-state index in [2.05, 4.69) is 10.3 Å². The molecule has 1 atom stereocenters. The van der Waals surface area contributed by atoms with Crippen molar-refractivity contribution in [2.45, 2.75) is 31.7 Å². The zero-order valence-electron chi connectivity index (χ0n) is 11.6. The number of carbonyl (C=O) groups excluding carboxylic acids is 2. The molecule has 1 aromatic rings. The van der Waals surface area contributed by atoms with Crippen molar-refractivity contribution in [1.82, 2.24) is 15.2 Å². The van der Waals surface area contributed by atoms with E-state index in [0.717, 1.165) is 25.8 Å². The molecule has 1 fully saturated rings. The highest BCUT2D eigenvalue weighted by Crippen LogP contribution is 2.18. The van der Waals surface area contributed by atoms with Crippen molar-refractivity contribution in [3.63, 3.8) is 0 Å². The largest absolute Gasteiger partial charge is 0.357 e. The quantitative estimate of drug-likeness (QED) is 0.731. The number of hydrogen-bond donors (Lipinski definition) is 3. The Bertz CT molecular complexity index is 444. The third-order valence-corrected chi connectivity index (χ3v) is 3.62. The predicted molar refractivity (Wildman–Crippen MR) is 76.1 cm³/mol. The molecule has 2 heterocycles. The Balaban J connectivity index is 1.95. The Labute approximate surface area is 118 Å². The van der Waals surface area contributed by atoms with E-state index < -0.39 is 0 Å². The molecule has 1 aromatic heterocycles. The SMILES string of the molecule is NCCC(=O)NCC1CCCCN1C(=O)c1ccc[nH]1. The number of nitrogens with one attached hydrogen (secondary N) is 2. The fraction of sp³-hybridized carbons (Fsp3) is 0.571. The van der Waals surface area contributed by atoms with Gasteiger partial charge in [-0.3, -0.25) is 9.59 Å². The number of nitrogens with two attached hydrogens (primary N) is 1. The lowest BCUT2D eigenvalue weighted by Gasteiger charge is -2.35. The van der Waals surface area contributed by atoms with Crippen molar-refractivity contribution in [1.29, 1.82) is 0 Å². The van der Waals surface area contributed by atoms with Gasteiger partial charge in [-0.15, -0.1) is 0 Å². The van der Waals surface area contributed by atoms with Gasteiger partial charge in [-0.05, 0) is 31.4 Å². The molecule has 1 unspecified atom stereocenters. The van der Waals surface area contributed by atoms with Crippen LogP contribution < -0.4 is 11.1 Å². The van der Waals surface area contributed by atoms with Crippen molar-refractivity contribution in [2.75, 3.05) is 19.6 Å². The van der Waals surface area contributed by atoms with Crippen LogP contribution in [0.4, 0.5) is 0 Å². The minimum Gasteiger partial charge on any atom is -0.357 e. The summed E-state index contributed by atoms with van der Waals surface area (Å²) in [5.41, 5.74) is 5.95. The van der Waals surface area contributed by atoms with E-state index in [1.807, 2.05) is 11.0 Å². The molecule has 0 aromatic carbocycles. The fourth-order valence-electron chi connectivity index (χ4n) is 2.55. The summed E-state index contributed by atoms with van der Waals surface area (Å²) in [7, 11) is 0. The van der Waals surface area contributed by atoms with Gasteiger partial charge in [0.05, 0.1) is 0 Å². The smallest absolute Gasteiger partial charge is 0.270 e. The summed E-state index contributed by atoms with van der Waals surface area (Å²) in [5.74, 6) is -0.0434. The second kappa shape index (κ2) is 7.09. The third kappa shape index (κ3) is 3.60. The molecule has 1 aliphatic heterocycles. The average Bonchev–Trinajstić information content (AvgIpc) is 2.99. The number of rotatable bonds is 5. The van der Waals surface area contributed by atoms with Gasteiger partial charge in [0.2, 0.25) is 5.91 Å². The van der Waals surface area contributed by atoms with Gasteiger partial charge < -0.3 is 20.9 Å². The Hall–Kier alpha value is -1.82. The fourth-order valence-corrected chi connectivity index (χ4v) is 2.55. The molecule has 4 N–H and O–H groups in total. The van der Waals surface area contributed by atoms with Gasteiger partial charge in [-0.25, -0.2) is 0 Å². The highest BCUT2D eigenvalue weighted by molar-refractivity contribution is 5.92. The maximum Gasteiger partial charge on any atom is 0.270 e. The van der Waals surface area contributed by atoms with Crippen LogP contribution in [0.1, 0.15) is 36.2 Å². The van der Waals surface area contributed by atoms with Crippen molar-refractivity contribution in [3.05, 3.63) is 24.0 Å². The first-order chi connectivity index (χ1) is 9.72. The maximum atomic E-state index is 12.4.